The Morgan fingerprint density at radius 3 is 2.50 bits per heavy atom. The molecule has 10 heteroatoms. The highest BCUT2D eigenvalue weighted by atomic mass is 79.9. The van der Waals surface area contributed by atoms with Gasteiger partial charge in [0.1, 0.15) is 0 Å². The molecule has 7 nitrogen and oxygen atoms in total. The molecule has 1 aromatic heterocycles. The number of thioether (sulfide) groups is 1. The monoisotopic (exact) mass is 534 g/mol. The summed E-state index contributed by atoms with van der Waals surface area (Å²) in [5, 5.41) is 20.9. The molecule has 4 rings (SSSR count). The lowest BCUT2D eigenvalue weighted by molar-refractivity contribution is -0.113. The summed E-state index contributed by atoms with van der Waals surface area (Å²) in [7, 11) is 0. The van der Waals surface area contributed by atoms with E-state index in [4.69, 9.17) is 16.7 Å². The quantitative estimate of drug-likeness (QED) is 0.382. The van der Waals surface area contributed by atoms with Crippen molar-refractivity contribution in [3.63, 3.8) is 0 Å². The third kappa shape index (κ3) is 4.84. The van der Waals surface area contributed by atoms with Crippen LogP contribution in [-0.2, 0) is 4.79 Å². The molecule has 3 aromatic rings. The molecule has 0 radical (unpaired) electrons. The Morgan fingerprint density at radius 2 is 1.91 bits per heavy atom. The fourth-order valence-corrected chi connectivity index (χ4v) is 5.10. The molecule has 0 unspecified atom stereocenters. The van der Waals surface area contributed by atoms with Gasteiger partial charge in [-0.25, -0.2) is 4.79 Å². The largest absolute Gasteiger partial charge is 0.478 e. The molecule has 1 fully saturated rings. The summed E-state index contributed by atoms with van der Waals surface area (Å²) in [6.07, 6.45) is 2.49. The first-order chi connectivity index (χ1) is 15.2. The Balaban J connectivity index is 1.50. The number of aromatic carboxylic acids is 1. The van der Waals surface area contributed by atoms with E-state index in [2.05, 4.69) is 57.4 Å². The minimum Gasteiger partial charge on any atom is -0.478 e. The molecule has 1 aliphatic carbocycles. The highest BCUT2D eigenvalue weighted by molar-refractivity contribution is 9.10. The second-order valence-electron chi connectivity index (χ2n) is 7.70. The topological polar surface area (TPSA) is 97.1 Å². The average Bonchev–Trinajstić information content (AvgIpc) is 3.52. The van der Waals surface area contributed by atoms with Crippen LogP contribution in [0.1, 0.15) is 45.8 Å². The molecule has 32 heavy (non-hydrogen) atoms. The summed E-state index contributed by atoms with van der Waals surface area (Å²) in [4.78, 5) is 23.5. The van der Waals surface area contributed by atoms with Crippen molar-refractivity contribution in [3.8, 4) is 5.69 Å². The zero-order chi connectivity index (χ0) is 23.0. The average molecular weight is 536 g/mol. The number of nitrogens with one attached hydrogen (secondary N) is 1. The van der Waals surface area contributed by atoms with Crippen molar-refractivity contribution in [2.45, 2.75) is 37.8 Å². The Morgan fingerprint density at radius 1 is 1.22 bits per heavy atom. The SMILES string of the molecule is Cc1cc(C2CC2)cc(C)c1-n1c(Br)nnc1SCC(=O)Nc1ccc(C(=O)O)cc1Cl. The van der Waals surface area contributed by atoms with Crippen LogP contribution in [-0.4, -0.2) is 37.5 Å². The number of rotatable bonds is 7. The molecule has 1 amide bonds. The number of carboxylic acid groups (broad SMARTS) is 1. The number of hydrogen-bond acceptors (Lipinski definition) is 5. The number of carbonyl (C=O) groups is 2. The number of anilines is 1. The summed E-state index contributed by atoms with van der Waals surface area (Å²) in [5.74, 6) is -0.621. The van der Waals surface area contributed by atoms with Crippen LogP contribution in [0.2, 0.25) is 5.02 Å². The van der Waals surface area contributed by atoms with Crippen LogP contribution in [0.4, 0.5) is 5.69 Å². The number of carbonyl (C=O) groups excluding carboxylic acids is 1. The molecule has 1 saturated carbocycles. The van der Waals surface area contributed by atoms with Crippen LogP contribution in [0.5, 0.6) is 0 Å². The van der Waals surface area contributed by atoms with E-state index in [9.17, 15) is 9.59 Å². The third-order valence-electron chi connectivity index (χ3n) is 5.20. The standard InChI is InChI=1S/C22H20BrClN4O3S/c1-11-7-15(13-3-4-13)8-12(2)19(11)28-21(23)26-27-22(28)32-10-18(29)25-17-6-5-14(20(30)31)9-16(17)24/h5-9,13H,3-4,10H2,1-2H3,(H,25,29)(H,30,31). The van der Waals surface area contributed by atoms with Crippen LogP contribution in [0.25, 0.3) is 5.69 Å². The van der Waals surface area contributed by atoms with Crippen LogP contribution in [0, 0.1) is 13.8 Å². The van der Waals surface area contributed by atoms with Crippen molar-refractivity contribution in [1.29, 1.82) is 0 Å². The molecule has 1 heterocycles. The van der Waals surface area contributed by atoms with Gasteiger partial charge in [0.05, 0.1) is 27.7 Å². The first-order valence-corrected chi connectivity index (χ1v) is 12.1. The van der Waals surface area contributed by atoms with E-state index in [0.29, 0.717) is 21.5 Å². The van der Waals surface area contributed by atoms with E-state index in [0.717, 1.165) is 16.8 Å². The molecular formula is C22H20BrClN4O3S. The lowest BCUT2D eigenvalue weighted by Gasteiger charge is -2.16. The number of hydrogen-bond donors (Lipinski definition) is 2. The van der Waals surface area contributed by atoms with Gasteiger partial charge in [-0.2, -0.15) is 0 Å². The summed E-state index contributed by atoms with van der Waals surface area (Å²) in [6, 6.07) is 8.60. The first kappa shape index (κ1) is 22.8. The molecule has 166 valence electrons. The Labute approximate surface area is 202 Å². The highest BCUT2D eigenvalue weighted by Gasteiger charge is 2.25. The number of amides is 1. The molecule has 2 N–H and O–H groups in total. The van der Waals surface area contributed by atoms with Crippen LogP contribution >= 0.6 is 39.3 Å². The van der Waals surface area contributed by atoms with Gasteiger partial charge in [0.15, 0.2) is 5.16 Å². The number of nitrogens with zero attached hydrogens (tertiary/aromatic N) is 3. The molecule has 1 aliphatic rings. The maximum Gasteiger partial charge on any atom is 0.335 e. The maximum atomic E-state index is 12.5. The number of aryl methyl sites for hydroxylation is 2. The number of carboxylic acids is 1. The summed E-state index contributed by atoms with van der Waals surface area (Å²) < 4.78 is 2.48. The van der Waals surface area contributed by atoms with Crippen LogP contribution < -0.4 is 5.32 Å². The normalized spacial score (nSPS) is 13.2. The Bertz CT molecular complexity index is 1200. The van der Waals surface area contributed by atoms with Crippen LogP contribution in [0.15, 0.2) is 40.2 Å². The predicted molar refractivity (Wildman–Crippen MR) is 128 cm³/mol. The van der Waals surface area contributed by atoms with E-state index < -0.39 is 5.97 Å². The first-order valence-electron chi connectivity index (χ1n) is 9.92. The summed E-state index contributed by atoms with van der Waals surface area (Å²) >= 11 is 10.8. The molecule has 0 saturated heterocycles. The van der Waals surface area contributed by atoms with E-state index in [1.165, 1.54) is 48.4 Å². The molecule has 2 aromatic carbocycles. The molecule has 0 atom stereocenters. The zero-order valence-electron chi connectivity index (χ0n) is 17.4. The van der Waals surface area contributed by atoms with Gasteiger partial charge in [0, 0.05) is 0 Å². The Hall–Kier alpha value is -2.36. The van der Waals surface area contributed by atoms with Gasteiger partial charge in [-0.3, -0.25) is 9.36 Å². The number of benzene rings is 2. The minimum atomic E-state index is -1.08. The summed E-state index contributed by atoms with van der Waals surface area (Å²) in [5.41, 5.74) is 5.04. The van der Waals surface area contributed by atoms with Gasteiger partial charge >= 0.3 is 5.97 Å². The molecule has 0 bridgehead atoms. The zero-order valence-corrected chi connectivity index (χ0v) is 20.5. The molecular weight excluding hydrogens is 516 g/mol. The van der Waals surface area contributed by atoms with Gasteiger partial charge in [0.2, 0.25) is 10.6 Å². The van der Waals surface area contributed by atoms with Crippen LogP contribution in [0.3, 0.4) is 0 Å². The summed E-state index contributed by atoms with van der Waals surface area (Å²) in [6.45, 7) is 4.15. The third-order valence-corrected chi connectivity index (χ3v) is 6.96. The fourth-order valence-electron chi connectivity index (χ4n) is 3.59. The van der Waals surface area contributed by atoms with Gasteiger partial charge < -0.3 is 10.4 Å². The number of halogens is 2. The van der Waals surface area contributed by atoms with Gasteiger partial charge in [-0.1, -0.05) is 35.5 Å². The fraction of sp³-hybridized carbons (Fsp3) is 0.273. The van der Waals surface area contributed by atoms with Crippen molar-refractivity contribution in [1.82, 2.24) is 14.8 Å². The smallest absolute Gasteiger partial charge is 0.335 e. The van der Waals surface area contributed by atoms with Gasteiger partial charge in [0.25, 0.3) is 0 Å². The second kappa shape index (κ2) is 9.25. The van der Waals surface area contributed by atoms with E-state index in [1.807, 2.05) is 4.57 Å². The van der Waals surface area contributed by atoms with Crippen molar-refractivity contribution in [2.24, 2.45) is 0 Å². The second-order valence-corrected chi connectivity index (χ2v) is 9.76. The minimum absolute atomic E-state index is 0.0544. The van der Waals surface area contributed by atoms with E-state index in [-0.39, 0.29) is 22.2 Å². The van der Waals surface area contributed by atoms with E-state index >= 15 is 0 Å². The van der Waals surface area contributed by atoms with E-state index in [1.54, 1.807) is 0 Å². The van der Waals surface area contributed by atoms with Gasteiger partial charge in [-0.15, -0.1) is 10.2 Å². The lowest BCUT2D eigenvalue weighted by atomic mass is 10.0. The van der Waals surface area contributed by atoms with Crippen molar-refractivity contribution < 1.29 is 14.7 Å². The maximum absolute atomic E-state index is 12.5. The predicted octanol–water partition coefficient (Wildman–Crippen LogP) is 5.61. The van der Waals surface area contributed by atoms with Crippen molar-refractivity contribution in [2.75, 3.05) is 11.1 Å². The van der Waals surface area contributed by atoms with Crippen molar-refractivity contribution in [3.05, 3.63) is 62.3 Å². The number of aromatic nitrogens is 3. The Kier molecular flexibility index (Phi) is 6.60. The highest BCUT2D eigenvalue weighted by Crippen LogP contribution is 2.42. The molecule has 0 aliphatic heterocycles. The van der Waals surface area contributed by atoms with Gasteiger partial charge in [-0.05, 0) is 83.4 Å². The lowest BCUT2D eigenvalue weighted by Crippen LogP contribution is -2.15. The van der Waals surface area contributed by atoms with Crippen molar-refractivity contribution >= 4 is 56.9 Å². The molecule has 0 spiro atoms.